The molecule has 0 spiro atoms. The molecule has 3 aromatic rings. The Kier molecular flexibility index (Phi) is 5.77. The van der Waals surface area contributed by atoms with Crippen LogP contribution in [-0.4, -0.2) is 42.9 Å². The van der Waals surface area contributed by atoms with E-state index < -0.39 is 0 Å². The molecule has 2 aromatic heterocycles. The van der Waals surface area contributed by atoms with Crippen molar-refractivity contribution in [2.45, 2.75) is 64.6 Å². The lowest BCUT2D eigenvalue weighted by Gasteiger charge is -2.46. The van der Waals surface area contributed by atoms with Crippen LogP contribution in [0.25, 0.3) is 22.2 Å². The minimum absolute atomic E-state index is 0.0141. The van der Waals surface area contributed by atoms with Gasteiger partial charge in [0, 0.05) is 22.8 Å². The molecule has 0 radical (unpaired) electrons. The van der Waals surface area contributed by atoms with Gasteiger partial charge >= 0.3 is 0 Å². The lowest BCUT2D eigenvalue weighted by atomic mass is 9.79. The molecular formula is C24H30N6OS. The highest BCUT2D eigenvalue weighted by atomic mass is 32.1. The standard InChI is InChI=1S/C24H30N6OS/c1-15-19(27-29-30(15)17-11-23(2,3)28-24(4,5)12-17)10-20(25-6)18-8-7-16(9-21(18)31)22-13-26-14-32-22/h7-10,13-14,17,28,31H,6,11-12H2,1-5H3/b20-10-. The number of aromatic hydroxyl groups is 1. The van der Waals surface area contributed by atoms with Crippen LogP contribution in [0.5, 0.6) is 5.75 Å². The van der Waals surface area contributed by atoms with Crippen LogP contribution in [0.2, 0.25) is 0 Å². The molecule has 1 saturated heterocycles. The van der Waals surface area contributed by atoms with Crippen molar-refractivity contribution in [3.8, 4) is 16.2 Å². The lowest BCUT2D eigenvalue weighted by molar-refractivity contribution is 0.124. The number of nitrogens with zero attached hydrogens (tertiary/aromatic N) is 5. The number of aromatic nitrogens is 4. The first-order chi connectivity index (χ1) is 15.1. The zero-order valence-electron chi connectivity index (χ0n) is 19.3. The van der Waals surface area contributed by atoms with E-state index in [4.69, 9.17) is 0 Å². The van der Waals surface area contributed by atoms with E-state index in [1.165, 1.54) is 11.3 Å². The molecule has 0 unspecified atom stereocenters. The Morgan fingerprint density at radius 2 is 2.00 bits per heavy atom. The Balaban J connectivity index is 1.65. The fraction of sp³-hybridized carbons (Fsp3) is 0.417. The van der Waals surface area contributed by atoms with E-state index in [2.05, 4.69) is 60.0 Å². The molecule has 7 nitrogen and oxygen atoms in total. The van der Waals surface area contributed by atoms with Crippen LogP contribution >= 0.6 is 11.3 Å². The summed E-state index contributed by atoms with van der Waals surface area (Å²) < 4.78 is 2.03. The van der Waals surface area contributed by atoms with Crippen LogP contribution in [0, 0.1) is 6.92 Å². The molecule has 0 amide bonds. The SMILES string of the molecule is C=N/C(=C\c1nnn(C2CC(C)(C)NC(C)(C)C2)c1C)c1ccc(-c2cncs2)cc1O. The molecule has 1 aliphatic heterocycles. The number of hydrogen-bond donors (Lipinski definition) is 2. The Labute approximate surface area is 192 Å². The molecule has 1 aromatic carbocycles. The van der Waals surface area contributed by atoms with Crippen molar-refractivity contribution in [2.24, 2.45) is 4.99 Å². The maximum Gasteiger partial charge on any atom is 0.125 e. The first kappa shape index (κ1) is 22.4. The van der Waals surface area contributed by atoms with Crippen molar-refractivity contribution in [3.63, 3.8) is 0 Å². The molecule has 0 bridgehead atoms. The predicted octanol–water partition coefficient (Wildman–Crippen LogP) is 5.10. The maximum absolute atomic E-state index is 10.7. The second-order valence-corrected chi connectivity index (χ2v) is 10.6. The van der Waals surface area contributed by atoms with Crippen LogP contribution in [0.3, 0.4) is 0 Å². The van der Waals surface area contributed by atoms with Crippen molar-refractivity contribution in [2.75, 3.05) is 0 Å². The Morgan fingerprint density at radius 1 is 1.28 bits per heavy atom. The minimum Gasteiger partial charge on any atom is -0.507 e. The highest BCUT2D eigenvalue weighted by molar-refractivity contribution is 7.13. The molecule has 1 aliphatic rings. The summed E-state index contributed by atoms with van der Waals surface area (Å²) in [4.78, 5) is 9.27. The Hall–Kier alpha value is -2.84. The first-order valence-corrected chi connectivity index (χ1v) is 11.6. The highest BCUT2D eigenvalue weighted by Gasteiger charge is 2.39. The summed E-state index contributed by atoms with van der Waals surface area (Å²) in [5, 5.41) is 23.3. The van der Waals surface area contributed by atoms with Crippen LogP contribution in [0.4, 0.5) is 0 Å². The van der Waals surface area contributed by atoms with E-state index in [0.29, 0.717) is 11.3 Å². The number of rotatable bonds is 5. The number of aliphatic imine (C=N–C) groups is 1. The third-order valence-electron chi connectivity index (χ3n) is 5.91. The lowest BCUT2D eigenvalue weighted by Crippen LogP contribution is -2.58. The first-order valence-electron chi connectivity index (χ1n) is 10.7. The summed E-state index contributed by atoms with van der Waals surface area (Å²) in [5.74, 6) is 0.140. The topological polar surface area (TPSA) is 88.2 Å². The monoisotopic (exact) mass is 450 g/mol. The van der Waals surface area contributed by atoms with Crippen LogP contribution in [0.15, 0.2) is 34.9 Å². The number of benzene rings is 1. The number of phenolic OH excluding ortho intramolecular Hbond substituents is 1. The zero-order chi connectivity index (χ0) is 23.1. The van der Waals surface area contributed by atoms with Crippen molar-refractivity contribution < 1.29 is 5.11 Å². The van der Waals surface area contributed by atoms with Gasteiger partial charge in [-0.25, -0.2) is 4.68 Å². The molecule has 0 saturated carbocycles. The van der Waals surface area contributed by atoms with E-state index in [9.17, 15) is 5.11 Å². The number of nitrogens with one attached hydrogen (secondary N) is 1. The van der Waals surface area contributed by atoms with Crippen molar-refractivity contribution in [1.82, 2.24) is 25.3 Å². The van der Waals surface area contributed by atoms with Crippen LogP contribution in [0.1, 0.15) is 63.5 Å². The van der Waals surface area contributed by atoms with Gasteiger partial charge in [-0.15, -0.1) is 16.4 Å². The molecule has 32 heavy (non-hydrogen) atoms. The molecule has 8 heteroatoms. The molecular weight excluding hydrogens is 420 g/mol. The van der Waals surface area contributed by atoms with Crippen molar-refractivity contribution >= 4 is 29.8 Å². The van der Waals surface area contributed by atoms with Gasteiger partial charge in [0.25, 0.3) is 0 Å². The summed E-state index contributed by atoms with van der Waals surface area (Å²) in [6.07, 6.45) is 5.56. The van der Waals surface area contributed by atoms with E-state index >= 15 is 0 Å². The van der Waals surface area contributed by atoms with Crippen molar-refractivity contribution in [1.29, 1.82) is 0 Å². The predicted molar refractivity (Wildman–Crippen MR) is 131 cm³/mol. The van der Waals surface area contributed by atoms with E-state index in [-0.39, 0.29) is 22.9 Å². The smallest absolute Gasteiger partial charge is 0.125 e. The van der Waals surface area contributed by atoms with Gasteiger partial charge in [-0.1, -0.05) is 11.3 Å². The highest BCUT2D eigenvalue weighted by Crippen LogP contribution is 2.37. The number of phenols is 1. The van der Waals surface area contributed by atoms with Crippen LogP contribution < -0.4 is 5.32 Å². The summed E-state index contributed by atoms with van der Waals surface area (Å²) >= 11 is 1.53. The molecule has 1 fully saturated rings. The normalized spacial score (nSPS) is 18.6. The van der Waals surface area contributed by atoms with Gasteiger partial charge in [-0.3, -0.25) is 9.98 Å². The van der Waals surface area contributed by atoms with Gasteiger partial charge in [0.1, 0.15) is 11.4 Å². The number of piperidine rings is 1. The zero-order valence-corrected chi connectivity index (χ0v) is 20.1. The summed E-state index contributed by atoms with van der Waals surface area (Å²) in [6.45, 7) is 14.7. The quantitative estimate of drug-likeness (QED) is 0.528. The Morgan fingerprint density at radius 3 is 2.59 bits per heavy atom. The fourth-order valence-electron chi connectivity index (χ4n) is 4.87. The summed E-state index contributed by atoms with van der Waals surface area (Å²) in [6, 6.07) is 5.78. The van der Waals surface area contributed by atoms with E-state index in [0.717, 1.165) is 34.7 Å². The van der Waals surface area contributed by atoms with Gasteiger partial charge in [-0.2, -0.15) is 0 Å². The molecule has 168 valence electrons. The van der Waals surface area contributed by atoms with Crippen molar-refractivity contribution in [3.05, 3.63) is 46.9 Å². The summed E-state index contributed by atoms with van der Waals surface area (Å²) in [5.41, 5.74) is 5.58. The van der Waals surface area contributed by atoms with E-state index in [1.54, 1.807) is 17.8 Å². The van der Waals surface area contributed by atoms with Gasteiger partial charge in [-0.05, 0) is 78.0 Å². The van der Waals surface area contributed by atoms with Crippen LogP contribution in [-0.2, 0) is 0 Å². The third kappa shape index (κ3) is 4.52. The average molecular weight is 451 g/mol. The largest absolute Gasteiger partial charge is 0.507 e. The number of thiazole rings is 1. The van der Waals surface area contributed by atoms with Gasteiger partial charge in [0.2, 0.25) is 0 Å². The Bertz CT molecular complexity index is 1140. The third-order valence-corrected chi connectivity index (χ3v) is 6.73. The molecule has 3 heterocycles. The van der Waals surface area contributed by atoms with E-state index in [1.807, 2.05) is 29.8 Å². The number of hydrogen-bond acceptors (Lipinski definition) is 7. The summed E-state index contributed by atoms with van der Waals surface area (Å²) in [7, 11) is 0. The van der Waals surface area contributed by atoms with Gasteiger partial charge in [0.15, 0.2) is 0 Å². The molecule has 0 aliphatic carbocycles. The maximum atomic E-state index is 10.7. The fourth-order valence-corrected chi connectivity index (χ4v) is 5.49. The molecule has 4 rings (SSSR count). The molecule has 0 atom stereocenters. The average Bonchev–Trinajstić information content (AvgIpc) is 3.34. The molecule has 2 N–H and O–H groups in total. The van der Waals surface area contributed by atoms with Gasteiger partial charge in [0.05, 0.1) is 27.8 Å². The van der Waals surface area contributed by atoms with Gasteiger partial charge < -0.3 is 10.4 Å². The second-order valence-electron chi connectivity index (χ2n) is 9.74. The second kappa shape index (κ2) is 8.26. The minimum atomic E-state index is 0.0141.